The molecule has 1 unspecified atom stereocenters. The number of piperazine rings is 1. The van der Waals surface area contributed by atoms with Crippen LogP contribution >= 0.6 is 0 Å². The second-order valence-electron chi connectivity index (χ2n) is 38.4. The van der Waals surface area contributed by atoms with Crippen LogP contribution in [0.15, 0.2) is 0 Å². The molecule has 0 bridgehead atoms. The number of likely N-dealkylation sites (N-methyl/N-ethyl adjacent to an activating group) is 1. The van der Waals surface area contributed by atoms with Crippen molar-refractivity contribution in [3.05, 3.63) is 0 Å². The van der Waals surface area contributed by atoms with Gasteiger partial charge in [0.1, 0.15) is 11.3 Å². The molecule has 10 saturated heterocycles. The van der Waals surface area contributed by atoms with Crippen molar-refractivity contribution < 1.29 is 17.6 Å². The van der Waals surface area contributed by atoms with Crippen LogP contribution in [0.3, 0.4) is 0 Å². The summed E-state index contributed by atoms with van der Waals surface area (Å²) in [7, 11) is 2.20. The Hall–Kier alpha value is -0.720. The smallest absolute Gasteiger partial charge is 0.272 e. The van der Waals surface area contributed by atoms with Crippen LogP contribution in [-0.4, -0.2) is 288 Å². The Kier molecular flexibility index (Phi) is 55.0. The zero-order valence-electron chi connectivity index (χ0n) is 72.9. The van der Waals surface area contributed by atoms with Gasteiger partial charge in [0.25, 0.3) is 5.92 Å². The average molecular weight is 1460 g/mol. The fourth-order valence-electron chi connectivity index (χ4n) is 15.5. The molecule has 0 aromatic rings. The molecular weight excluding hydrogens is 1280 g/mol. The number of halogens is 4. The summed E-state index contributed by atoms with van der Waals surface area (Å²) in [4.78, 5) is 26.8. The molecule has 11 nitrogen and oxygen atoms in total. The van der Waals surface area contributed by atoms with E-state index in [1.165, 1.54) is 240 Å². The van der Waals surface area contributed by atoms with Gasteiger partial charge in [-0.25, -0.2) is 17.6 Å². The second-order valence-corrected chi connectivity index (χ2v) is 38.4. The minimum Gasteiger partial charge on any atom is -0.304 e. The minimum atomic E-state index is -2.39. The summed E-state index contributed by atoms with van der Waals surface area (Å²) in [5, 5.41) is 0. The Morgan fingerprint density at radius 3 is 0.706 bits per heavy atom. The molecule has 0 aliphatic carbocycles. The molecule has 10 fully saturated rings. The highest BCUT2D eigenvalue weighted by Gasteiger charge is 2.43. The van der Waals surface area contributed by atoms with E-state index in [2.05, 4.69) is 188 Å². The van der Waals surface area contributed by atoms with E-state index in [1.807, 2.05) is 13.8 Å². The van der Waals surface area contributed by atoms with Crippen molar-refractivity contribution in [2.24, 2.45) is 65.1 Å². The Labute approximate surface area is 635 Å². The van der Waals surface area contributed by atoms with Gasteiger partial charge >= 0.3 is 0 Å². The molecule has 612 valence electrons. The van der Waals surface area contributed by atoms with Crippen LogP contribution in [0.25, 0.3) is 0 Å². The van der Waals surface area contributed by atoms with E-state index in [1.54, 1.807) is 18.7 Å². The topological polar surface area (TPSA) is 35.6 Å². The molecule has 0 aromatic heterocycles. The first-order valence-electron chi connectivity index (χ1n) is 43.5. The number of likely N-dealkylation sites (tertiary alicyclic amines) is 9. The Bertz CT molecular complexity index is 1770. The highest BCUT2D eigenvalue weighted by atomic mass is 19.3. The molecule has 10 aliphatic rings. The van der Waals surface area contributed by atoms with Gasteiger partial charge in [-0.3, -0.25) is 9.80 Å². The normalized spacial score (nSPS) is 23.9. The highest BCUT2D eigenvalue weighted by molar-refractivity contribution is 4.88. The largest absolute Gasteiger partial charge is 0.304 e. The van der Waals surface area contributed by atoms with Crippen LogP contribution in [0.1, 0.15) is 268 Å². The van der Waals surface area contributed by atoms with E-state index in [0.717, 1.165) is 86.6 Å². The maximum atomic E-state index is 13.4. The van der Waals surface area contributed by atoms with Crippen molar-refractivity contribution in [1.29, 1.82) is 0 Å². The van der Waals surface area contributed by atoms with Crippen molar-refractivity contribution in [3.8, 4) is 0 Å². The first kappa shape index (κ1) is 99.3. The predicted molar refractivity (Wildman–Crippen MR) is 442 cm³/mol. The number of hydrogen-bond acceptors (Lipinski definition) is 11. The van der Waals surface area contributed by atoms with Gasteiger partial charge in [-0.15, -0.1) is 0 Å². The average Bonchev–Trinajstić information content (AvgIpc) is 0.939. The van der Waals surface area contributed by atoms with Crippen LogP contribution in [0.5, 0.6) is 0 Å². The summed E-state index contributed by atoms with van der Waals surface area (Å²) in [5.74, 6) is 6.33. The van der Waals surface area contributed by atoms with Gasteiger partial charge < -0.3 is 44.1 Å². The molecule has 0 radical (unpaired) electrons. The third-order valence-corrected chi connectivity index (χ3v) is 20.5. The van der Waals surface area contributed by atoms with E-state index in [-0.39, 0.29) is 13.1 Å². The molecule has 0 N–H and O–H groups in total. The van der Waals surface area contributed by atoms with E-state index < -0.39 is 17.3 Å². The van der Waals surface area contributed by atoms with E-state index >= 15 is 0 Å². The van der Waals surface area contributed by atoms with Gasteiger partial charge in [0, 0.05) is 118 Å². The number of rotatable bonds is 20. The van der Waals surface area contributed by atoms with Gasteiger partial charge in [-0.1, -0.05) is 165 Å². The van der Waals surface area contributed by atoms with Crippen LogP contribution in [-0.2, 0) is 0 Å². The summed E-state index contributed by atoms with van der Waals surface area (Å²) >= 11 is 0. The SMILES string of the molecule is CC(C)CN1CC(F)(F)C1.CC(C)CN1CCC(C)(F)C1.CC(C)CN1CCC(C)(F)CC1.CC(C)CN1CCC(C)CC1.CC(C)CN1CCC1.CC(C)CN1CCCC1.CC(C)CN1CCCCC1.CC(C)CN1CCCCC1.CC(C)CN1CCCCC1.CC(C)CN1CCN(C)CC1. The first-order chi connectivity index (χ1) is 47.8. The lowest BCUT2D eigenvalue weighted by atomic mass is 9.95. The van der Waals surface area contributed by atoms with E-state index in [0.29, 0.717) is 43.6 Å². The lowest BCUT2D eigenvalue weighted by Gasteiger charge is -2.39. The monoisotopic (exact) mass is 1460 g/mol. The third kappa shape index (κ3) is 57.4. The van der Waals surface area contributed by atoms with Crippen molar-refractivity contribution in [1.82, 2.24) is 53.9 Å². The zero-order chi connectivity index (χ0) is 76.8. The maximum absolute atomic E-state index is 13.4. The molecule has 10 aliphatic heterocycles. The summed E-state index contributed by atoms with van der Waals surface area (Å²) in [6.45, 7) is 87.3. The lowest BCUT2D eigenvalue weighted by molar-refractivity contribution is -0.133. The standard InChI is InChI=1S/C10H20FN.C10H21N.C9H18FN.C9H20N2.3C9H19N.C8H17N.C7H13F2N.C7H15N/c1-9(2)8-12-6-4-10(3,11)5-7-12;1-9(2)8-11-6-4-10(3)5-7-11;1-8(2)6-11-5-4-9(3,10)7-11;1-9(2)8-11-6-4-10(3)5-7-11;3*1-9(2)8-10-6-4-3-5-7-10;1-8(2)7-9-5-3-4-6-9;1-6(2)3-10-4-7(8,9)5-10;1-7(2)6-8-4-3-5-8/h9H,4-8H2,1-3H3;9-10H,4-8H2,1-3H3;8H,4-7H2,1-3H3;9H,4-8H2,1-3H3;3*9H,3-8H2,1-2H3;8H,3-7H2,1-2H3;6H,3-5H2,1-2H3;7H,3-6H2,1-2H3. The van der Waals surface area contributed by atoms with Gasteiger partial charge in [-0.2, -0.15) is 0 Å². The molecule has 0 aromatic carbocycles. The molecule has 15 heteroatoms. The molecule has 10 heterocycles. The summed E-state index contributed by atoms with van der Waals surface area (Å²) in [6.07, 6.45) is 22.1. The molecule has 0 amide bonds. The zero-order valence-corrected chi connectivity index (χ0v) is 72.9. The Morgan fingerprint density at radius 1 is 0.245 bits per heavy atom. The minimum absolute atomic E-state index is 0.0365. The summed E-state index contributed by atoms with van der Waals surface area (Å²) in [6, 6.07) is 0. The van der Waals surface area contributed by atoms with Crippen molar-refractivity contribution in [2.75, 3.05) is 216 Å². The van der Waals surface area contributed by atoms with Gasteiger partial charge in [0.2, 0.25) is 0 Å². The van der Waals surface area contributed by atoms with Crippen LogP contribution < -0.4 is 0 Å². The number of nitrogens with zero attached hydrogens (tertiary/aromatic N) is 11. The van der Waals surface area contributed by atoms with Gasteiger partial charge in [0.15, 0.2) is 0 Å². The van der Waals surface area contributed by atoms with Crippen molar-refractivity contribution >= 4 is 0 Å². The van der Waals surface area contributed by atoms with Gasteiger partial charge in [-0.05, 0) is 254 Å². The first-order valence-corrected chi connectivity index (χ1v) is 43.5. The van der Waals surface area contributed by atoms with Crippen LogP contribution in [0, 0.1) is 65.1 Å². The quantitative estimate of drug-likeness (QED) is 0.109. The van der Waals surface area contributed by atoms with Crippen molar-refractivity contribution in [2.45, 2.75) is 286 Å². The van der Waals surface area contributed by atoms with Crippen LogP contribution in [0.2, 0.25) is 0 Å². The fourth-order valence-corrected chi connectivity index (χ4v) is 15.5. The number of hydrogen-bond donors (Lipinski definition) is 0. The maximum Gasteiger partial charge on any atom is 0.272 e. The highest BCUT2D eigenvalue weighted by Crippen LogP contribution is 2.28. The van der Waals surface area contributed by atoms with E-state index in [4.69, 9.17) is 0 Å². The summed E-state index contributed by atoms with van der Waals surface area (Å²) in [5.41, 5.74) is -1.82. The molecule has 10 rings (SSSR count). The fraction of sp³-hybridized carbons (Fsp3) is 1.00. The molecular formula is C87H181F4N11. The van der Waals surface area contributed by atoms with Crippen LogP contribution in [0.4, 0.5) is 17.6 Å². The number of piperidine rings is 5. The second kappa shape index (κ2) is 56.5. The lowest BCUT2D eigenvalue weighted by Crippen LogP contribution is -2.56. The predicted octanol–water partition coefficient (Wildman–Crippen LogP) is 18.9. The van der Waals surface area contributed by atoms with Gasteiger partial charge in [0.05, 0.1) is 13.1 Å². The Morgan fingerprint density at radius 2 is 0.461 bits per heavy atom. The molecule has 1 atom stereocenters. The third-order valence-electron chi connectivity index (χ3n) is 20.5. The molecule has 0 saturated carbocycles. The summed E-state index contributed by atoms with van der Waals surface area (Å²) < 4.78 is 51.0. The van der Waals surface area contributed by atoms with Crippen molar-refractivity contribution in [3.63, 3.8) is 0 Å². The number of alkyl halides is 4. The molecule has 0 spiro atoms. The molecule has 102 heavy (non-hydrogen) atoms. The Balaban J connectivity index is 0.000000567. The van der Waals surface area contributed by atoms with E-state index in [9.17, 15) is 17.6 Å².